The Morgan fingerprint density at radius 1 is 0.596 bits per heavy atom. The second-order valence-corrected chi connectivity index (χ2v) is 17.7. The first-order chi connectivity index (χ1) is 26.4. The van der Waals surface area contributed by atoms with E-state index >= 15 is 0 Å². The minimum absolute atomic E-state index is 0. The van der Waals surface area contributed by atoms with E-state index in [-0.39, 0.29) is 40.2 Å². The Balaban J connectivity index is 0.000000210. The maximum absolute atomic E-state index is 5.10. The molecular weight excluding hydrogens is 1050 g/mol. The molecular formula is C51H60Ir2N4-2. The molecule has 304 valence electrons. The molecule has 0 aliphatic heterocycles. The third-order valence-corrected chi connectivity index (χ3v) is 12.3. The number of nitrogens with zero attached hydrogens (tertiary/aromatic N) is 4. The standard InChI is InChI=1S/C26H31N2.C25H29N2.2Ir/c1-19-15-20(2)24(21(3)16-19)28-14-13-27-25(28)23-10-8-9-22(17-23)18-26(4)11-6-5-7-12-26;1-18-14-19(2)23(20(3)15-18)27-17-22(16-25(4)12-8-9-13-25)26-24(27)21-10-6-5-7-11-21;;/h8-9,13-17H,5-7,11-12,18H2,1-4H3;5-7,10,14-15,17H,8-9,12-13,16H2,1-4H3;;/q2*-1;;. The minimum Gasteiger partial charge on any atom is -0.340 e. The van der Waals surface area contributed by atoms with Crippen LogP contribution in [0, 0.1) is 64.5 Å². The van der Waals surface area contributed by atoms with Crippen LogP contribution in [0.25, 0.3) is 34.2 Å². The van der Waals surface area contributed by atoms with E-state index in [0.717, 1.165) is 35.6 Å². The number of aromatic nitrogens is 4. The first-order valence-corrected chi connectivity index (χ1v) is 20.7. The van der Waals surface area contributed by atoms with Crippen LogP contribution in [0.5, 0.6) is 0 Å². The molecule has 4 nitrogen and oxygen atoms in total. The van der Waals surface area contributed by atoms with E-state index in [0.29, 0.717) is 10.8 Å². The van der Waals surface area contributed by atoms with Gasteiger partial charge < -0.3 is 9.13 Å². The molecule has 57 heavy (non-hydrogen) atoms. The summed E-state index contributed by atoms with van der Waals surface area (Å²) in [7, 11) is 0. The minimum atomic E-state index is 0. The van der Waals surface area contributed by atoms with Crippen LogP contribution >= 0.6 is 0 Å². The van der Waals surface area contributed by atoms with Gasteiger partial charge in [0.15, 0.2) is 0 Å². The maximum atomic E-state index is 5.10. The van der Waals surface area contributed by atoms with E-state index in [4.69, 9.17) is 9.97 Å². The second-order valence-electron chi connectivity index (χ2n) is 17.7. The summed E-state index contributed by atoms with van der Waals surface area (Å²) in [5, 5.41) is 0. The zero-order chi connectivity index (χ0) is 38.7. The van der Waals surface area contributed by atoms with Crippen LogP contribution < -0.4 is 0 Å². The Kier molecular flexibility index (Phi) is 15.0. The Bertz CT molecular complexity index is 2200. The molecule has 2 aliphatic rings. The van der Waals surface area contributed by atoms with E-state index in [2.05, 4.69) is 144 Å². The van der Waals surface area contributed by atoms with E-state index in [1.807, 2.05) is 18.3 Å². The summed E-state index contributed by atoms with van der Waals surface area (Å²) in [6.07, 6.45) is 20.6. The molecule has 0 spiro atoms. The smallest absolute Gasteiger partial charge is 0.0606 e. The van der Waals surface area contributed by atoms with Crippen LogP contribution in [0.15, 0.2) is 85.3 Å². The Morgan fingerprint density at radius 3 is 1.72 bits per heavy atom. The summed E-state index contributed by atoms with van der Waals surface area (Å²) < 4.78 is 4.52. The molecule has 6 aromatic rings. The number of rotatable bonds is 8. The number of aryl methyl sites for hydroxylation is 6. The van der Waals surface area contributed by atoms with Gasteiger partial charge in [0.1, 0.15) is 0 Å². The van der Waals surface area contributed by atoms with Gasteiger partial charge >= 0.3 is 0 Å². The van der Waals surface area contributed by atoms with Gasteiger partial charge in [-0.3, -0.25) is 9.97 Å². The van der Waals surface area contributed by atoms with Gasteiger partial charge in [-0.1, -0.05) is 81.3 Å². The molecule has 2 aromatic heterocycles. The molecule has 2 radical (unpaired) electrons. The van der Waals surface area contributed by atoms with Crippen molar-refractivity contribution in [2.75, 3.05) is 0 Å². The zero-order valence-electron chi connectivity index (χ0n) is 35.3. The van der Waals surface area contributed by atoms with Crippen LogP contribution in [0.3, 0.4) is 0 Å². The van der Waals surface area contributed by atoms with Crippen molar-refractivity contribution in [3.05, 3.63) is 142 Å². The van der Waals surface area contributed by atoms with Crippen LogP contribution in [-0.2, 0) is 53.1 Å². The molecule has 0 amide bonds. The molecule has 2 fully saturated rings. The summed E-state index contributed by atoms with van der Waals surface area (Å²) in [4.78, 5) is 9.81. The number of imidazole rings is 2. The molecule has 4 aromatic carbocycles. The van der Waals surface area contributed by atoms with Crippen molar-refractivity contribution in [2.24, 2.45) is 10.8 Å². The monoisotopic (exact) mass is 1110 g/mol. The van der Waals surface area contributed by atoms with E-state index in [9.17, 15) is 0 Å². The number of hydrogen-bond acceptors (Lipinski definition) is 2. The van der Waals surface area contributed by atoms with Crippen molar-refractivity contribution < 1.29 is 40.2 Å². The predicted molar refractivity (Wildman–Crippen MR) is 229 cm³/mol. The van der Waals surface area contributed by atoms with E-state index in [1.165, 1.54) is 114 Å². The topological polar surface area (TPSA) is 35.6 Å². The van der Waals surface area contributed by atoms with Crippen LogP contribution in [0.1, 0.15) is 116 Å². The molecule has 0 N–H and O–H groups in total. The molecule has 2 heterocycles. The number of hydrogen-bond donors (Lipinski definition) is 0. The van der Waals surface area contributed by atoms with Crippen molar-refractivity contribution in [1.82, 2.24) is 19.1 Å². The predicted octanol–water partition coefficient (Wildman–Crippen LogP) is 13.2. The summed E-state index contributed by atoms with van der Waals surface area (Å²) in [6.45, 7) is 18.0. The fourth-order valence-electron chi connectivity index (χ4n) is 9.87. The number of benzene rings is 4. The maximum Gasteiger partial charge on any atom is 0.0606 e. The first kappa shape index (κ1) is 44.7. The fourth-order valence-corrected chi connectivity index (χ4v) is 9.87. The molecule has 2 saturated carbocycles. The van der Waals surface area contributed by atoms with E-state index < -0.39 is 0 Å². The molecule has 2 aliphatic carbocycles. The molecule has 0 atom stereocenters. The average Bonchev–Trinajstić information content (AvgIpc) is 3.89. The second kappa shape index (κ2) is 19.1. The van der Waals surface area contributed by atoms with Crippen LogP contribution in [0.4, 0.5) is 0 Å². The van der Waals surface area contributed by atoms with Gasteiger partial charge in [0, 0.05) is 75.9 Å². The normalized spacial score (nSPS) is 15.6. The molecule has 0 bridgehead atoms. The molecule has 0 saturated heterocycles. The van der Waals surface area contributed by atoms with Crippen molar-refractivity contribution in [3.8, 4) is 34.2 Å². The molecule has 8 rings (SSSR count). The summed E-state index contributed by atoms with van der Waals surface area (Å²) in [6, 6.07) is 30.6. The van der Waals surface area contributed by atoms with Gasteiger partial charge in [-0.05, 0) is 113 Å². The molecule has 6 heteroatoms. The average molecular weight is 1110 g/mol. The van der Waals surface area contributed by atoms with Crippen LogP contribution in [0.2, 0.25) is 0 Å². The third-order valence-electron chi connectivity index (χ3n) is 12.3. The Labute approximate surface area is 370 Å². The van der Waals surface area contributed by atoms with Gasteiger partial charge in [-0.2, -0.15) is 0 Å². The SMILES string of the molecule is Cc1cc(C)c(-n2cc(CC3(C)CCCC3)nc2-c2[c-]cccc2)c(C)c1.Cc1cc(C)c(-n2ccnc2-c2[c-]ccc(CC3(C)CCCCC3)c2)c(C)c1.[Ir].[Ir]. The summed E-state index contributed by atoms with van der Waals surface area (Å²) >= 11 is 0. The van der Waals surface area contributed by atoms with Gasteiger partial charge in [-0.15, -0.1) is 71.3 Å². The summed E-state index contributed by atoms with van der Waals surface area (Å²) in [5.41, 5.74) is 15.8. The van der Waals surface area contributed by atoms with Gasteiger partial charge in [0.2, 0.25) is 0 Å². The van der Waals surface area contributed by atoms with Crippen LogP contribution in [-0.4, -0.2) is 19.1 Å². The third kappa shape index (κ3) is 10.4. The van der Waals surface area contributed by atoms with Crippen molar-refractivity contribution in [1.29, 1.82) is 0 Å². The largest absolute Gasteiger partial charge is 0.340 e. The van der Waals surface area contributed by atoms with Crippen molar-refractivity contribution in [2.45, 2.75) is 126 Å². The first-order valence-electron chi connectivity index (χ1n) is 20.7. The zero-order valence-corrected chi connectivity index (χ0v) is 40.1. The Hall–Kier alpha value is -3.40. The molecule has 0 unspecified atom stereocenters. The van der Waals surface area contributed by atoms with Gasteiger partial charge in [0.25, 0.3) is 0 Å². The summed E-state index contributed by atoms with van der Waals surface area (Å²) in [5.74, 6) is 1.98. The Morgan fingerprint density at radius 2 is 1.14 bits per heavy atom. The van der Waals surface area contributed by atoms with E-state index in [1.54, 1.807) is 0 Å². The fraction of sp³-hybridized carbons (Fsp3) is 0.412. The van der Waals surface area contributed by atoms with Gasteiger partial charge in [-0.25, -0.2) is 0 Å². The van der Waals surface area contributed by atoms with Crippen molar-refractivity contribution >= 4 is 0 Å². The van der Waals surface area contributed by atoms with Gasteiger partial charge in [0.05, 0.1) is 11.6 Å². The quantitative estimate of drug-likeness (QED) is 0.142. The van der Waals surface area contributed by atoms with Crippen molar-refractivity contribution in [3.63, 3.8) is 0 Å².